The Balaban J connectivity index is 1.36. The molecule has 0 spiro atoms. The van der Waals surface area contributed by atoms with E-state index in [1.807, 2.05) is 0 Å². The molecule has 160 valence electrons. The first-order chi connectivity index (χ1) is 14.3. The van der Waals surface area contributed by atoms with E-state index in [1.54, 1.807) is 0 Å². The van der Waals surface area contributed by atoms with Crippen LogP contribution in [0.4, 0.5) is 0 Å². The topological polar surface area (TPSA) is 43.3 Å². The van der Waals surface area contributed by atoms with E-state index >= 15 is 0 Å². The summed E-state index contributed by atoms with van der Waals surface area (Å²) in [5.74, 6) is 1.06. The van der Waals surface area contributed by atoms with Crippen LogP contribution in [-0.4, -0.2) is 91.8 Å². The summed E-state index contributed by atoms with van der Waals surface area (Å²) in [7, 11) is 0. The summed E-state index contributed by atoms with van der Waals surface area (Å²) in [4.78, 5) is 12.5. The van der Waals surface area contributed by atoms with Gasteiger partial charge in [-0.15, -0.1) is 0 Å². The van der Waals surface area contributed by atoms with Crippen molar-refractivity contribution in [2.24, 2.45) is 4.99 Å². The number of hydrogen-bond donors (Lipinski definition) is 1. The van der Waals surface area contributed by atoms with Crippen molar-refractivity contribution in [1.29, 1.82) is 0 Å². The molecule has 3 aliphatic heterocycles. The number of nitrogens with one attached hydrogen (secondary N) is 1. The number of nitrogens with zero attached hydrogens (tertiary/aromatic N) is 4. The first-order valence-electron chi connectivity index (χ1n) is 11.5. The van der Waals surface area contributed by atoms with Crippen LogP contribution in [0.3, 0.4) is 0 Å². The molecule has 0 saturated carbocycles. The van der Waals surface area contributed by atoms with Gasteiger partial charge in [-0.05, 0) is 38.4 Å². The molecule has 3 aliphatic rings. The van der Waals surface area contributed by atoms with E-state index in [0.717, 1.165) is 58.4 Å². The van der Waals surface area contributed by atoms with E-state index in [9.17, 15) is 0 Å². The highest BCUT2D eigenvalue weighted by Gasteiger charge is 2.41. The van der Waals surface area contributed by atoms with Crippen molar-refractivity contribution in [2.45, 2.75) is 44.9 Å². The Morgan fingerprint density at radius 1 is 1.10 bits per heavy atom. The average Bonchev–Trinajstić information content (AvgIpc) is 3.20. The van der Waals surface area contributed by atoms with Crippen LogP contribution in [0, 0.1) is 0 Å². The number of likely N-dealkylation sites (tertiary alicyclic amines) is 2. The lowest BCUT2D eigenvalue weighted by Crippen LogP contribution is -2.50. The molecule has 4 rings (SSSR count). The minimum atomic E-state index is 0.276. The molecule has 2 atom stereocenters. The van der Waals surface area contributed by atoms with Crippen molar-refractivity contribution >= 4 is 5.96 Å². The molecule has 1 aromatic rings. The minimum absolute atomic E-state index is 0.276. The Bertz CT molecular complexity index is 646. The van der Waals surface area contributed by atoms with Crippen molar-refractivity contribution < 1.29 is 4.74 Å². The van der Waals surface area contributed by atoms with Gasteiger partial charge in [0.25, 0.3) is 0 Å². The molecule has 2 unspecified atom stereocenters. The summed E-state index contributed by atoms with van der Waals surface area (Å²) in [6.07, 6.45) is 4.35. The minimum Gasteiger partial charge on any atom is -0.373 e. The third kappa shape index (κ3) is 5.50. The molecule has 0 radical (unpaired) electrons. The van der Waals surface area contributed by atoms with E-state index in [1.165, 1.54) is 37.9 Å². The molecule has 3 saturated heterocycles. The first kappa shape index (κ1) is 20.6. The van der Waals surface area contributed by atoms with E-state index in [0.29, 0.717) is 6.04 Å². The van der Waals surface area contributed by atoms with Crippen molar-refractivity contribution in [1.82, 2.24) is 20.0 Å². The van der Waals surface area contributed by atoms with E-state index in [2.05, 4.69) is 57.3 Å². The van der Waals surface area contributed by atoms with E-state index < -0.39 is 0 Å². The molecule has 6 heteroatoms. The Morgan fingerprint density at radius 2 is 1.93 bits per heavy atom. The monoisotopic (exact) mass is 399 g/mol. The highest BCUT2D eigenvalue weighted by Crippen LogP contribution is 2.24. The third-order valence-corrected chi connectivity index (χ3v) is 6.41. The fourth-order valence-electron chi connectivity index (χ4n) is 4.85. The van der Waals surface area contributed by atoms with E-state index in [-0.39, 0.29) is 6.10 Å². The van der Waals surface area contributed by atoms with Crippen molar-refractivity contribution in [3.8, 4) is 0 Å². The Morgan fingerprint density at radius 3 is 2.72 bits per heavy atom. The highest BCUT2D eigenvalue weighted by atomic mass is 16.5. The second kappa shape index (κ2) is 10.4. The molecule has 0 bridgehead atoms. The Labute approximate surface area is 175 Å². The largest absolute Gasteiger partial charge is 0.373 e. The number of fused-ring (bicyclic) bond motifs is 1. The molecule has 29 heavy (non-hydrogen) atoms. The summed E-state index contributed by atoms with van der Waals surface area (Å²) in [6, 6.07) is 11.2. The lowest BCUT2D eigenvalue weighted by atomic mass is 10.1. The third-order valence-electron chi connectivity index (χ3n) is 6.41. The van der Waals surface area contributed by atoms with Crippen LogP contribution < -0.4 is 5.32 Å². The molecule has 0 aliphatic carbocycles. The van der Waals surface area contributed by atoms with Crippen molar-refractivity contribution in [3.05, 3.63) is 35.9 Å². The zero-order valence-corrected chi connectivity index (χ0v) is 17.9. The summed E-state index contributed by atoms with van der Waals surface area (Å²) in [6.45, 7) is 12.3. The highest BCUT2D eigenvalue weighted by molar-refractivity contribution is 5.80. The molecule has 3 fully saturated rings. The number of guanidine groups is 1. The number of piperidine rings is 1. The Kier molecular flexibility index (Phi) is 7.41. The maximum atomic E-state index is 6.15. The van der Waals surface area contributed by atoms with Crippen LogP contribution in [0.15, 0.2) is 35.3 Å². The van der Waals surface area contributed by atoms with Gasteiger partial charge in [-0.2, -0.15) is 0 Å². The normalized spacial score (nSPS) is 26.5. The SMILES string of the molecule is CCNC(=NCCN1CCCCC1)N1CC2OCCN(Cc3ccccc3)C2C1. The van der Waals surface area contributed by atoms with Gasteiger partial charge in [0.1, 0.15) is 0 Å². The van der Waals surface area contributed by atoms with Crippen LogP contribution in [-0.2, 0) is 11.3 Å². The van der Waals surface area contributed by atoms with Crippen molar-refractivity contribution in [3.63, 3.8) is 0 Å². The van der Waals surface area contributed by atoms with Crippen LogP contribution in [0.2, 0.25) is 0 Å². The quantitative estimate of drug-likeness (QED) is 0.586. The molecule has 0 amide bonds. The average molecular weight is 400 g/mol. The van der Waals surface area contributed by atoms with Gasteiger partial charge in [0.2, 0.25) is 0 Å². The zero-order valence-electron chi connectivity index (χ0n) is 17.9. The number of morpholine rings is 1. The van der Waals surface area contributed by atoms with E-state index in [4.69, 9.17) is 9.73 Å². The molecule has 3 heterocycles. The molecular formula is C23H37N5O. The van der Waals surface area contributed by atoms with Crippen LogP contribution in [0.25, 0.3) is 0 Å². The summed E-state index contributed by atoms with van der Waals surface area (Å²) in [5, 5.41) is 3.52. The predicted molar refractivity (Wildman–Crippen MR) is 118 cm³/mol. The van der Waals surface area contributed by atoms with Gasteiger partial charge in [-0.1, -0.05) is 36.8 Å². The molecule has 1 N–H and O–H groups in total. The summed E-state index contributed by atoms with van der Waals surface area (Å²) >= 11 is 0. The van der Waals surface area contributed by atoms with Gasteiger partial charge in [0.15, 0.2) is 5.96 Å². The first-order valence-corrected chi connectivity index (χ1v) is 11.5. The second-order valence-electron chi connectivity index (χ2n) is 8.48. The fourth-order valence-corrected chi connectivity index (χ4v) is 4.85. The van der Waals surface area contributed by atoms with Crippen LogP contribution in [0.1, 0.15) is 31.7 Å². The standard InChI is InChI=1S/C23H37N5O/c1-2-24-23(25-11-14-26-12-7-4-8-13-26)28-18-21-22(19-28)29-16-15-27(21)17-20-9-5-3-6-10-20/h3,5-6,9-10,21-22H,2,4,7-8,11-19H2,1H3,(H,24,25). The zero-order chi connectivity index (χ0) is 19.9. The van der Waals surface area contributed by atoms with Gasteiger partial charge in [-0.3, -0.25) is 9.89 Å². The maximum Gasteiger partial charge on any atom is 0.194 e. The second-order valence-corrected chi connectivity index (χ2v) is 8.48. The van der Waals surface area contributed by atoms with Crippen LogP contribution >= 0.6 is 0 Å². The van der Waals surface area contributed by atoms with Gasteiger partial charge >= 0.3 is 0 Å². The number of aliphatic imine (C=N–C) groups is 1. The Hall–Kier alpha value is -1.63. The van der Waals surface area contributed by atoms with Gasteiger partial charge in [0, 0.05) is 39.3 Å². The molecule has 0 aromatic heterocycles. The van der Waals surface area contributed by atoms with Crippen LogP contribution in [0.5, 0.6) is 0 Å². The smallest absolute Gasteiger partial charge is 0.194 e. The predicted octanol–water partition coefficient (Wildman–Crippen LogP) is 2.02. The molecule has 1 aromatic carbocycles. The van der Waals surface area contributed by atoms with Gasteiger partial charge in [-0.25, -0.2) is 0 Å². The maximum absolute atomic E-state index is 6.15. The fraction of sp³-hybridized carbons (Fsp3) is 0.696. The van der Waals surface area contributed by atoms with Crippen molar-refractivity contribution in [2.75, 3.05) is 59.0 Å². The van der Waals surface area contributed by atoms with Gasteiger partial charge in [0.05, 0.1) is 25.3 Å². The summed E-state index contributed by atoms with van der Waals surface area (Å²) < 4.78 is 6.15. The lowest BCUT2D eigenvalue weighted by molar-refractivity contribution is -0.0502. The lowest BCUT2D eigenvalue weighted by Gasteiger charge is -2.36. The molecule has 6 nitrogen and oxygen atoms in total. The van der Waals surface area contributed by atoms with Gasteiger partial charge < -0.3 is 19.9 Å². The summed E-state index contributed by atoms with van der Waals surface area (Å²) in [5.41, 5.74) is 1.38. The number of hydrogen-bond acceptors (Lipinski definition) is 4. The molecular weight excluding hydrogens is 362 g/mol. The number of rotatable bonds is 6. The number of ether oxygens (including phenoxy) is 1. The number of benzene rings is 1.